The number of carbonyl (C=O) groups is 3. The smallest absolute Gasteiger partial charge is 0.305 e. The van der Waals surface area contributed by atoms with Crippen molar-refractivity contribution in [3.05, 3.63) is 35.6 Å². The van der Waals surface area contributed by atoms with Crippen LogP contribution in [0.2, 0.25) is 0 Å². The Hall–Kier alpha value is -1.74. The summed E-state index contributed by atoms with van der Waals surface area (Å²) in [6, 6.07) is 5.58. The van der Waals surface area contributed by atoms with Gasteiger partial charge < -0.3 is 14.5 Å². The van der Waals surface area contributed by atoms with E-state index in [1.54, 1.807) is 31.0 Å². The van der Waals surface area contributed by atoms with E-state index in [4.69, 9.17) is 4.74 Å². The molecule has 1 aromatic carbocycles. The molecule has 0 aromatic heterocycles. The van der Waals surface area contributed by atoms with Crippen molar-refractivity contribution in [2.24, 2.45) is 0 Å². The second-order valence-corrected chi connectivity index (χ2v) is 9.83. The Morgan fingerprint density at radius 1 is 1.21 bits per heavy atom. The maximum Gasteiger partial charge on any atom is 0.305 e. The van der Waals surface area contributed by atoms with Crippen LogP contribution in [-0.2, 0) is 19.1 Å². The summed E-state index contributed by atoms with van der Waals surface area (Å²) in [7, 11) is 5.58. The zero-order valence-corrected chi connectivity index (χ0v) is 17.9. The summed E-state index contributed by atoms with van der Waals surface area (Å²) in [6.07, 6.45) is 0.722. The van der Waals surface area contributed by atoms with Crippen LogP contribution < -0.4 is 0 Å². The number of benzene rings is 1. The van der Waals surface area contributed by atoms with E-state index in [9.17, 15) is 18.8 Å². The van der Waals surface area contributed by atoms with Gasteiger partial charge in [0.2, 0.25) is 0 Å². The lowest BCUT2D eigenvalue weighted by Crippen LogP contribution is -2.76. The highest BCUT2D eigenvalue weighted by molar-refractivity contribution is 8.78. The number of nitrogens with zero attached hydrogens (tertiary/aromatic N) is 2. The number of amides is 2. The van der Waals surface area contributed by atoms with E-state index in [-0.39, 0.29) is 30.5 Å². The Morgan fingerprint density at radius 2 is 1.86 bits per heavy atom. The summed E-state index contributed by atoms with van der Waals surface area (Å²) in [5, 5.41) is 0. The van der Waals surface area contributed by atoms with E-state index < -0.39 is 21.8 Å². The van der Waals surface area contributed by atoms with Gasteiger partial charge in [0.15, 0.2) is 9.74 Å². The van der Waals surface area contributed by atoms with E-state index >= 15 is 0 Å². The van der Waals surface area contributed by atoms with Crippen molar-refractivity contribution in [2.45, 2.75) is 48.9 Å². The van der Waals surface area contributed by atoms with Gasteiger partial charge in [-0.1, -0.05) is 40.6 Å². The molecule has 1 aromatic rings. The molecule has 0 N–H and O–H groups in total. The number of esters is 1. The minimum atomic E-state index is -1.21. The number of piperazine rings is 1. The zero-order chi connectivity index (χ0) is 20.7. The molecule has 3 aliphatic rings. The maximum absolute atomic E-state index is 13.5. The van der Waals surface area contributed by atoms with Crippen LogP contribution in [0.5, 0.6) is 0 Å². The van der Waals surface area contributed by atoms with Gasteiger partial charge in [-0.05, 0) is 31.0 Å². The monoisotopic (exact) mass is 426 g/mol. The SMILES string of the molecule is CC[C@H](c1ccc(F)cc1)N1C(=O)C2(C)SSC1(CCC(=O)OC)C(=O)N2C. The van der Waals surface area contributed by atoms with Crippen LogP contribution in [0.4, 0.5) is 4.39 Å². The van der Waals surface area contributed by atoms with Crippen LogP contribution in [-0.4, -0.2) is 51.5 Å². The van der Waals surface area contributed by atoms with E-state index in [2.05, 4.69) is 0 Å². The number of fused-ring (bicyclic) bond motifs is 3. The molecular weight excluding hydrogens is 403 g/mol. The average molecular weight is 427 g/mol. The van der Waals surface area contributed by atoms with Crippen molar-refractivity contribution < 1.29 is 23.5 Å². The van der Waals surface area contributed by atoms with Crippen molar-refractivity contribution >= 4 is 39.4 Å². The van der Waals surface area contributed by atoms with Crippen molar-refractivity contribution in [1.82, 2.24) is 9.80 Å². The van der Waals surface area contributed by atoms with Gasteiger partial charge in [-0.15, -0.1) is 0 Å². The second-order valence-electron chi connectivity index (χ2n) is 7.02. The third kappa shape index (κ3) is 3.08. The highest BCUT2D eigenvalue weighted by Crippen LogP contribution is 2.62. The molecule has 152 valence electrons. The Balaban J connectivity index is 2.08. The van der Waals surface area contributed by atoms with E-state index in [0.717, 1.165) is 5.56 Å². The molecule has 2 bridgehead atoms. The highest BCUT2D eigenvalue weighted by Gasteiger charge is 2.67. The lowest BCUT2D eigenvalue weighted by atomic mass is 9.93. The number of rotatable bonds is 6. The van der Waals surface area contributed by atoms with Crippen molar-refractivity contribution in [3.8, 4) is 0 Å². The minimum absolute atomic E-state index is 0.0178. The van der Waals surface area contributed by atoms with Gasteiger partial charge in [-0.25, -0.2) is 4.39 Å². The lowest BCUT2D eigenvalue weighted by molar-refractivity contribution is -0.169. The average Bonchev–Trinajstić information content (AvgIpc) is 2.70. The molecule has 0 radical (unpaired) electrons. The first-order valence-electron chi connectivity index (χ1n) is 9.02. The standard InChI is InChI=1S/C19H23FN2O4S2/c1-5-14(12-6-8-13(20)9-7-12)22-16(24)18(2)21(3)17(25)19(22,28-27-18)11-10-15(23)26-4/h6-9,14H,5,10-11H2,1-4H3/t14-,18?,19?/m1/s1. The molecule has 3 fully saturated rings. The molecule has 3 saturated heterocycles. The third-order valence-corrected chi connectivity index (χ3v) is 9.23. The van der Waals surface area contributed by atoms with Gasteiger partial charge in [0.05, 0.1) is 13.2 Å². The number of hydrogen-bond donors (Lipinski definition) is 0. The van der Waals surface area contributed by atoms with Gasteiger partial charge in [0.25, 0.3) is 11.8 Å². The summed E-state index contributed by atoms with van der Waals surface area (Å²) in [5.74, 6) is -1.18. The molecule has 3 aliphatic heterocycles. The fourth-order valence-corrected chi connectivity index (χ4v) is 7.20. The Kier molecular flexibility index (Phi) is 5.69. The van der Waals surface area contributed by atoms with Crippen molar-refractivity contribution in [3.63, 3.8) is 0 Å². The second kappa shape index (κ2) is 7.59. The molecule has 9 heteroatoms. The van der Waals surface area contributed by atoms with Crippen LogP contribution >= 0.6 is 21.6 Å². The topological polar surface area (TPSA) is 66.9 Å². The van der Waals surface area contributed by atoms with Crippen LogP contribution in [0.3, 0.4) is 0 Å². The summed E-state index contributed by atoms with van der Waals surface area (Å²) in [4.78, 5) is 39.6. The highest BCUT2D eigenvalue weighted by atomic mass is 33.1. The summed E-state index contributed by atoms with van der Waals surface area (Å²) in [6.45, 7) is 3.66. The predicted octanol–water partition coefficient (Wildman–Crippen LogP) is 3.34. The van der Waals surface area contributed by atoms with Crippen LogP contribution in [0, 0.1) is 5.82 Å². The first-order chi connectivity index (χ1) is 13.2. The minimum Gasteiger partial charge on any atom is -0.469 e. The molecule has 2 amide bonds. The number of hydrogen-bond acceptors (Lipinski definition) is 6. The lowest BCUT2D eigenvalue weighted by Gasteiger charge is -2.60. The van der Waals surface area contributed by atoms with Gasteiger partial charge in [-0.3, -0.25) is 14.4 Å². The molecule has 28 heavy (non-hydrogen) atoms. The van der Waals surface area contributed by atoms with Gasteiger partial charge in [0.1, 0.15) is 5.82 Å². The third-order valence-electron chi connectivity index (χ3n) is 5.47. The van der Waals surface area contributed by atoms with Gasteiger partial charge in [-0.2, -0.15) is 0 Å². The molecule has 3 atom stereocenters. The number of methoxy groups -OCH3 is 1. The molecule has 2 unspecified atom stereocenters. The first-order valence-corrected chi connectivity index (χ1v) is 11.2. The number of halogens is 1. The summed E-state index contributed by atoms with van der Waals surface area (Å²) < 4.78 is 18.2. The zero-order valence-electron chi connectivity index (χ0n) is 16.2. The summed E-state index contributed by atoms with van der Waals surface area (Å²) >= 11 is 0. The van der Waals surface area contributed by atoms with Gasteiger partial charge in [0, 0.05) is 19.9 Å². The van der Waals surface area contributed by atoms with E-state index in [1.807, 2.05) is 6.92 Å². The van der Waals surface area contributed by atoms with Crippen LogP contribution in [0.15, 0.2) is 24.3 Å². The number of ether oxygens (including phenoxy) is 1. The molecule has 0 saturated carbocycles. The fraction of sp³-hybridized carbons (Fsp3) is 0.526. The number of carbonyl (C=O) groups excluding carboxylic acids is 3. The Labute approximate surface area is 171 Å². The van der Waals surface area contributed by atoms with E-state index in [0.29, 0.717) is 6.42 Å². The quantitative estimate of drug-likeness (QED) is 0.513. The molecule has 6 nitrogen and oxygen atoms in total. The first kappa shape index (κ1) is 21.0. The Morgan fingerprint density at radius 3 is 2.43 bits per heavy atom. The fourth-order valence-electron chi connectivity index (χ4n) is 3.70. The van der Waals surface area contributed by atoms with Crippen LogP contribution in [0.25, 0.3) is 0 Å². The van der Waals surface area contributed by atoms with Crippen LogP contribution in [0.1, 0.15) is 44.7 Å². The molecule has 0 aliphatic carbocycles. The van der Waals surface area contributed by atoms with Gasteiger partial charge >= 0.3 is 5.97 Å². The largest absolute Gasteiger partial charge is 0.469 e. The van der Waals surface area contributed by atoms with Crippen molar-refractivity contribution in [1.29, 1.82) is 0 Å². The summed E-state index contributed by atoms with van der Waals surface area (Å²) in [5.41, 5.74) is 0.756. The Bertz CT molecular complexity index is 806. The maximum atomic E-state index is 13.5. The molecular formula is C19H23FN2O4S2. The normalized spacial score (nSPS) is 27.9. The molecule has 4 rings (SSSR count). The molecule has 0 spiro atoms. The predicted molar refractivity (Wildman–Crippen MR) is 107 cm³/mol. The number of likely N-dealkylation sites (N-methyl/N-ethyl adjacent to an activating group) is 1. The molecule has 3 heterocycles. The van der Waals surface area contributed by atoms with Crippen molar-refractivity contribution in [2.75, 3.05) is 14.2 Å². The van der Waals surface area contributed by atoms with E-state index in [1.165, 1.54) is 45.7 Å².